The first-order chi connectivity index (χ1) is 7.10. The standard InChI is InChI=1S/C11H14FNO2/c1-7(13-2)11(14)9-6-8(12)4-5-10(9)15-3/h4-7,13H,1-3H3. The van der Waals surface area contributed by atoms with Crippen LogP contribution in [0, 0.1) is 5.82 Å². The molecule has 0 fully saturated rings. The van der Waals surface area contributed by atoms with Crippen LogP contribution in [0.1, 0.15) is 17.3 Å². The molecule has 0 saturated carbocycles. The maximum Gasteiger partial charge on any atom is 0.183 e. The quantitative estimate of drug-likeness (QED) is 0.769. The molecule has 1 atom stereocenters. The van der Waals surface area contributed by atoms with Gasteiger partial charge in [-0.05, 0) is 32.2 Å². The topological polar surface area (TPSA) is 38.3 Å². The van der Waals surface area contributed by atoms with Crippen molar-refractivity contribution in [3.63, 3.8) is 0 Å². The summed E-state index contributed by atoms with van der Waals surface area (Å²) in [7, 11) is 3.13. The number of benzene rings is 1. The van der Waals surface area contributed by atoms with Crippen LogP contribution in [0.3, 0.4) is 0 Å². The number of hydrogen-bond acceptors (Lipinski definition) is 3. The van der Waals surface area contributed by atoms with Gasteiger partial charge < -0.3 is 10.1 Å². The van der Waals surface area contributed by atoms with E-state index < -0.39 is 5.82 Å². The predicted octanol–water partition coefficient (Wildman–Crippen LogP) is 1.62. The first kappa shape index (κ1) is 11.7. The van der Waals surface area contributed by atoms with Crippen molar-refractivity contribution in [3.05, 3.63) is 29.6 Å². The first-order valence-corrected chi connectivity index (χ1v) is 4.65. The predicted molar refractivity (Wildman–Crippen MR) is 55.8 cm³/mol. The van der Waals surface area contributed by atoms with E-state index in [0.717, 1.165) is 0 Å². The lowest BCUT2D eigenvalue weighted by Crippen LogP contribution is -2.31. The number of halogens is 1. The summed E-state index contributed by atoms with van der Waals surface area (Å²) in [5.41, 5.74) is 0.263. The molecule has 1 unspecified atom stereocenters. The molecule has 0 bridgehead atoms. The van der Waals surface area contributed by atoms with Gasteiger partial charge in [0.15, 0.2) is 5.78 Å². The van der Waals surface area contributed by atoms with Crippen molar-refractivity contribution < 1.29 is 13.9 Å². The van der Waals surface area contributed by atoms with Gasteiger partial charge in [-0.2, -0.15) is 0 Å². The third-order valence-electron chi connectivity index (χ3n) is 2.25. The second-order valence-electron chi connectivity index (χ2n) is 3.22. The molecule has 0 aliphatic heterocycles. The molecular formula is C11H14FNO2. The van der Waals surface area contributed by atoms with Crippen LogP contribution in [0.2, 0.25) is 0 Å². The smallest absolute Gasteiger partial charge is 0.183 e. The molecule has 0 amide bonds. The van der Waals surface area contributed by atoms with E-state index in [1.165, 1.54) is 25.3 Å². The molecule has 0 aliphatic carbocycles. The number of carbonyl (C=O) groups is 1. The van der Waals surface area contributed by atoms with Gasteiger partial charge in [0.25, 0.3) is 0 Å². The monoisotopic (exact) mass is 211 g/mol. The minimum absolute atomic E-state index is 0.186. The fraction of sp³-hybridized carbons (Fsp3) is 0.364. The Morgan fingerprint density at radius 1 is 1.53 bits per heavy atom. The maximum atomic E-state index is 13.0. The highest BCUT2D eigenvalue weighted by atomic mass is 19.1. The van der Waals surface area contributed by atoms with Crippen LogP contribution < -0.4 is 10.1 Å². The van der Waals surface area contributed by atoms with E-state index >= 15 is 0 Å². The normalized spacial score (nSPS) is 12.3. The summed E-state index contributed by atoms with van der Waals surface area (Å²) in [6, 6.07) is 3.54. The van der Waals surface area contributed by atoms with Crippen LogP contribution in [-0.4, -0.2) is 26.0 Å². The summed E-state index contributed by atoms with van der Waals surface area (Å²) in [6.07, 6.45) is 0. The largest absolute Gasteiger partial charge is 0.496 e. The second-order valence-corrected chi connectivity index (χ2v) is 3.22. The molecule has 0 aliphatic rings. The number of carbonyl (C=O) groups excluding carboxylic acids is 1. The van der Waals surface area contributed by atoms with E-state index in [1.54, 1.807) is 14.0 Å². The minimum atomic E-state index is -0.442. The number of Topliss-reactive ketones (excluding diaryl/α,β-unsaturated/α-hetero) is 1. The highest BCUT2D eigenvalue weighted by Crippen LogP contribution is 2.20. The molecule has 4 heteroatoms. The van der Waals surface area contributed by atoms with Gasteiger partial charge in [-0.15, -0.1) is 0 Å². The molecule has 3 nitrogen and oxygen atoms in total. The lowest BCUT2D eigenvalue weighted by atomic mass is 10.0. The number of ether oxygens (including phenoxy) is 1. The number of likely N-dealkylation sites (N-methyl/N-ethyl adjacent to an activating group) is 1. The summed E-state index contributed by atoms with van der Waals surface area (Å²) in [5, 5.41) is 2.81. The van der Waals surface area contributed by atoms with E-state index in [9.17, 15) is 9.18 Å². The lowest BCUT2D eigenvalue weighted by molar-refractivity contribution is 0.0951. The van der Waals surface area contributed by atoms with Crippen LogP contribution >= 0.6 is 0 Å². The first-order valence-electron chi connectivity index (χ1n) is 4.65. The zero-order chi connectivity index (χ0) is 11.4. The molecule has 1 aromatic carbocycles. The summed E-state index contributed by atoms with van der Waals surface area (Å²) in [6.45, 7) is 1.71. The van der Waals surface area contributed by atoms with E-state index in [1.807, 2.05) is 0 Å². The second kappa shape index (κ2) is 4.89. The molecule has 1 N–H and O–H groups in total. The van der Waals surface area contributed by atoms with Crippen molar-refractivity contribution in [1.29, 1.82) is 0 Å². The molecule has 1 aromatic rings. The van der Waals surface area contributed by atoms with Gasteiger partial charge in [0.2, 0.25) is 0 Å². The average Bonchev–Trinajstić information content (AvgIpc) is 2.27. The third kappa shape index (κ3) is 2.53. The maximum absolute atomic E-state index is 13.0. The van der Waals surface area contributed by atoms with E-state index in [4.69, 9.17) is 4.74 Å². The fourth-order valence-electron chi connectivity index (χ4n) is 1.24. The fourth-order valence-corrected chi connectivity index (χ4v) is 1.24. The summed E-state index contributed by atoms with van der Waals surface area (Å²) < 4.78 is 18.0. The number of nitrogens with one attached hydrogen (secondary N) is 1. The summed E-state index contributed by atoms with van der Waals surface area (Å²) >= 11 is 0. The molecule has 82 valence electrons. The number of hydrogen-bond donors (Lipinski definition) is 1. The molecule has 0 heterocycles. The molecule has 0 radical (unpaired) electrons. The van der Waals surface area contributed by atoms with E-state index in [-0.39, 0.29) is 17.4 Å². The molecule has 0 aromatic heterocycles. The Labute approximate surface area is 88.2 Å². The molecular weight excluding hydrogens is 197 g/mol. The average molecular weight is 211 g/mol. The van der Waals surface area contributed by atoms with E-state index in [2.05, 4.69) is 5.32 Å². The molecule has 0 spiro atoms. The molecule has 0 saturated heterocycles. The van der Waals surface area contributed by atoms with Crippen LogP contribution in [-0.2, 0) is 0 Å². The van der Waals surface area contributed by atoms with Gasteiger partial charge in [-0.1, -0.05) is 0 Å². The highest BCUT2D eigenvalue weighted by molar-refractivity contribution is 6.02. The zero-order valence-corrected chi connectivity index (χ0v) is 9.00. The van der Waals surface area contributed by atoms with Gasteiger partial charge in [-0.3, -0.25) is 4.79 Å². The van der Waals surface area contributed by atoms with Crippen molar-refractivity contribution in [3.8, 4) is 5.75 Å². The Morgan fingerprint density at radius 2 is 2.20 bits per heavy atom. The summed E-state index contributed by atoms with van der Waals surface area (Å²) in [4.78, 5) is 11.8. The van der Waals surface area contributed by atoms with Gasteiger partial charge in [0.05, 0.1) is 18.7 Å². The van der Waals surface area contributed by atoms with Crippen LogP contribution in [0.15, 0.2) is 18.2 Å². The molecule has 1 rings (SSSR count). The summed E-state index contributed by atoms with van der Waals surface area (Å²) in [5.74, 6) is -0.236. The van der Waals surface area contributed by atoms with Crippen molar-refractivity contribution in [1.82, 2.24) is 5.32 Å². The Balaban J connectivity index is 3.11. The number of ketones is 1. The SMILES string of the molecule is CNC(C)C(=O)c1cc(F)ccc1OC. The van der Waals surface area contributed by atoms with Crippen molar-refractivity contribution in [2.45, 2.75) is 13.0 Å². The molecule has 15 heavy (non-hydrogen) atoms. The van der Waals surface area contributed by atoms with Gasteiger partial charge in [0, 0.05) is 0 Å². The van der Waals surface area contributed by atoms with Crippen molar-refractivity contribution in [2.75, 3.05) is 14.2 Å². The Bertz CT molecular complexity index is 366. The number of methoxy groups -OCH3 is 1. The minimum Gasteiger partial charge on any atom is -0.496 e. The van der Waals surface area contributed by atoms with Crippen LogP contribution in [0.4, 0.5) is 4.39 Å². The van der Waals surface area contributed by atoms with E-state index in [0.29, 0.717) is 5.75 Å². The Hall–Kier alpha value is -1.42. The van der Waals surface area contributed by atoms with Crippen molar-refractivity contribution in [2.24, 2.45) is 0 Å². The van der Waals surface area contributed by atoms with Gasteiger partial charge >= 0.3 is 0 Å². The number of rotatable bonds is 4. The van der Waals surface area contributed by atoms with Crippen LogP contribution in [0.5, 0.6) is 5.75 Å². The Morgan fingerprint density at radius 3 is 2.73 bits per heavy atom. The van der Waals surface area contributed by atoms with Crippen LogP contribution in [0.25, 0.3) is 0 Å². The lowest BCUT2D eigenvalue weighted by Gasteiger charge is -2.12. The third-order valence-corrected chi connectivity index (χ3v) is 2.25. The highest BCUT2D eigenvalue weighted by Gasteiger charge is 2.18. The Kier molecular flexibility index (Phi) is 3.80. The van der Waals surface area contributed by atoms with Gasteiger partial charge in [-0.25, -0.2) is 4.39 Å². The van der Waals surface area contributed by atoms with Gasteiger partial charge in [0.1, 0.15) is 11.6 Å². The van der Waals surface area contributed by atoms with Crippen molar-refractivity contribution >= 4 is 5.78 Å². The zero-order valence-electron chi connectivity index (χ0n) is 9.00.